The third-order valence-corrected chi connectivity index (χ3v) is 8.39. The van der Waals surface area contributed by atoms with E-state index in [9.17, 15) is 14.7 Å². The summed E-state index contributed by atoms with van der Waals surface area (Å²) in [5, 5.41) is 10.8. The van der Waals surface area contributed by atoms with E-state index >= 15 is 0 Å². The third kappa shape index (κ3) is 6.44. The molecule has 0 unspecified atom stereocenters. The normalized spacial score (nSPS) is 18.1. The van der Waals surface area contributed by atoms with Gasteiger partial charge < -0.3 is 24.1 Å². The molecule has 1 saturated carbocycles. The maximum atomic E-state index is 13.0. The number of hydrogen-bond donors (Lipinski definition) is 2. The van der Waals surface area contributed by atoms with Gasteiger partial charge in [0, 0.05) is 37.1 Å². The fourth-order valence-electron chi connectivity index (χ4n) is 5.97. The van der Waals surface area contributed by atoms with Crippen molar-refractivity contribution in [1.29, 1.82) is 0 Å². The van der Waals surface area contributed by atoms with E-state index in [1.807, 2.05) is 13.0 Å². The van der Waals surface area contributed by atoms with Crippen LogP contribution < -0.4 is 5.56 Å². The van der Waals surface area contributed by atoms with E-state index in [0.29, 0.717) is 24.3 Å². The molecule has 5 rings (SSSR count). The van der Waals surface area contributed by atoms with Crippen LogP contribution >= 0.6 is 0 Å². The fourth-order valence-corrected chi connectivity index (χ4v) is 5.97. The molecule has 39 heavy (non-hydrogen) atoms. The number of carbonyl (C=O) groups is 1. The second-order valence-electron chi connectivity index (χ2n) is 11.9. The molecule has 8 nitrogen and oxygen atoms in total. The van der Waals surface area contributed by atoms with Crippen LogP contribution in [0.15, 0.2) is 35.3 Å². The van der Waals surface area contributed by atoms with Gasteiger partial charge in [0.1, 0.15) is 11.9 Å². The van der Waals surface area contributed by atoms with E-state index in [1.54, 1.807) is 20.0 Å². The Morgan fingerprint density at radius 2 is 1.95 bits per heavy atom. The maximum absolute atomic E-state index is 13.0. The molecular weight excluding hydrogens is 494 g/mol. The van der Waals surface area contributed by atoms with Gasteiger partial charge in [0.15, 0.2) is 0 Å². The predicted molar refractivity (Wildman–Crippen MR) is 151 cm³/mol. The first-order chi connectivity index (χ1) is 18.7. The lowest BCUT2D eigenvalue weighted by Crippen LogP contribution is -2.39. The van der Waals surface area contributed by atoms with E-state index in [-0.39, 0.29) is 17.6 Å². The zero-order chi connectivity index (χ0) is 27.6. The highest BCUT2D eigenvalue weighted by Gasteiger charge is 2.36. The summed E-state index contributed by atoms with van der Waals surface area (Å²) in [5.41, 5.74) is 3.26. The number of fused-ring (bicyclic) bond motifs is 1. The number of ether oxygens (including phenoxy) is 2. The summed E-state index contributed by atoms with van der Waals surface area (Å²) in [6, 6.07) is 8.18. The smallest absolute Gasteiger partial charge is 0.312 e. The second-order valence-corrected chi connectivity index (χ2v) is 11.9. The maximum Gasteiger partial charge on any atom is 0.312 e. The summed E-state index contributed by atoms with van der Waals surface area (Å²) >= 11 is 0. The Kier molecular flexibility index (Phi) is 8.24. The van der Waals surface area contributed by atoms with Gasteiger partial charge in [-0.25, -0.2) is 4.98 Å². The molecule has 0 spiro atoms. The Hall–Kier alpha value is -2.97. The lowest BCUT2D eigenvalue weighted by molar-refractivity contribution is -0.162. The van der Waals surface area contributed by atoms with Crippen LogP contribution in [0.25, 0.3) is 22.4 Å². The average molecular weight is 536 g/mol. The molecule has 2 fully saturated rings. The number of esters is 1. The van der Waals surface area contributed by atoms with Gasteiger partial charge in [0.25, 0.3) is 5.56 Å². The van der Waals surface area contributed by atoms with E-state index in [0.717, 1.165) is 86.3 Å². The Bertz CT molecular complexity index is 1360. The highest BCUT2D eigenvalue weighted by Crippen LogP contribution is 2.31. The predicted octanol–water partition coefficient (Wildman–Crippen LogP) is 4.93. The van der Waals surface area contributed by atoms with Gasteiger partial charge in [0.05, 0.1) is 22.6 Å². The van der Waals surface area contributed by atoms with Crippen molar-refractivity contribution in [1.82, 2.24) is 14.5 Å². The number of carbonyl (C=O) groups excluding carboxylic acids is 1. The number of rotatable bonds is 9. The average Bonchev–Trinajstić information content (AvgIpc) is 3.53. The first-order valence-corrected chi connectivity index (χ1v) is 14.4. The lowest BCUT2D eigenvalue weighted by atomic mass is 9.86. The standard InChI is InChI=1S/C31H41N3O5/c1-20-16-23(18-32-29(20)35)28-33-26-17-21(9-11-27(26)34(28)19-22-12-14-38-15-13-22)8-10-25(31(2,3)37)30(36)39-24-6-4-5-7-24/h9,11,16-18,22,24-25,37H,4-8,10,12-15,19H2,1-3H3,(H,32,35)/t25-/m1/s1. The number of pyridine rings is 1. The van der Waals surface area contributed by atoms with Gasteiger partial charge in [0.2, 0.25) is 0 Å². The molecule has 1 aliphatic carbocycles. The van der Waals surface area contributed by atoms with Crippen LogP contribution in [-0.4, -0.2) is 50.5 Å². The number of H-pyrrole nitrogens is 1. The fraction of sp³-hybridized carbons (Fsp3) is 0.581. The number of nitrogens with zero attached hydrogens (tertiary/aromatic N) is 2. The van der Waals surface area contributed by atoms with Gasteiger partial charge in [-0.15, -0.1) is 0 Å². The molecule has 0 bridgehead atoms. The highest BCUT2D eigenvalue weighted by atomic mass is 16.5. The lowest BCUT2D eigenvalue weighted by Gasteiger charge is -2.28. The molecule has 1 aromatic carbocycles. The van der Waals surface area contributed by atoms with E-state index in [4.69, 9.17) is 14.5 Å². The van der Waals surface area contributed by atoms with Crippen LogP contribution in [-0.2, 0) is 27.2 Å². The monoisotopic (exact) mass is 535 g/mol. The summed E-state index contributed by atoms with van der Waals surface area (Å²) in [4.78, 5) is 32.9. The zero-order valence-corrected chi connectivity index (χ0v) is 23.4. The van der Waals surface area contributed by atoms with Crippen molar-refractivity contribution in [3.05, 3.63) is 51.9 Å². The quantitative estimate of drug-likeness (QED) is 0.376. The Morgan fingerprint density at radius 1 is 1.21 bits per heavy atom. The van der Waals surface area contributed by atoms with Crippen LogP contribution in [0.1, 0.15) is 69.9 Å². The highest BCUT2D eigenvalue weighted by molar-refractivity contribution is 5.81. The minimum atomic E-state index is -1.17. The zero-order valence-electron chi connectivity index (χ0n) is 23.4. The molecule has 210 valence electrons. The second kappa shape index (κ2) is 11.6. The summed E-state index contributed by atoms with van der Waals surface area (Å²) in [6.07, 6.45) is 8.87. The molecule has 2 aliphatic rings. The number of imidazole rings is 1. The first kappa shape index (κ1) is 27.6. The summed E-state index contributed by atoms with van der Waals surface area (Å²) in [5.74, 6) is 0.436. The number of aliphatic hydroxyl groups is 1. The Labute approximate surface area is 229 Å². The molecule has 1 saturated heterocycles. The Morgan fingerprint density at radius 3 is 2.64 bits per heavy atom. The van der Waals surface area contributed by atoms with Gasteiger partial charge >= 0.3 is 5.97 Å². The number of aryl methyl sites for hydroxylation is 2. The third-order valence-electron chi connectivity index (χ3n) is 8.39. The largest absolute Gasteiger partial charge is 0.462 e. The van der Waals surface area contributed by atoms with Crippen molar-refractivity contribution in [3.63, 3.8) is 0 Å². The first-order valence-electron chi connectivity index (χ1n) is 14.4. The SMILES string of the molecule is Cc1cc(-c2nc3cc(CC[C@H](C(=O)OC4CCCC4)C(C)(C)O)ccc3n2CC2CCOCC2)c[nH]c1=O. The van der Waals surface area contributed by atoms with Crippen molar-refractivity contribution < 1.29 is 19.4 Å². The van der Waals surface area contributed by atoms with E-state index in [1.165, 1.54) is 0 Å². The van der Waals surface area contributed by atoms with Gasteiger partial charge in [-0.3, -0.25) is 9.59 Å². The van der Waals surface area contributed by atoms with Crippen LogP contribution in [0.5, 0.6) is 0 Å². The number of aromatic amines is 1. The van der Waals surface area contributed by atoms with E-state index < -0.39 is 11.5 Å². The number of nitrogens with one attached hydrogen (secondary N) is 1. The topological polar surface area (TPSA) is 106 Å². The molecule has 0 amide bonds. The Balaban J connectivity index is 1.41. The molecule has 0 radical (unpaired) electrons. The van der Waals surface area contributed by atoms with Gasteiger partial charge in [-0.2, -0.15) is 0 Å². The number of benzene rings is 1. The van der Waals surface area contributed by atoms with Crippen molar-refractivity contribution in [3.8, 4) is 11.4 Å². The minimum Gasteiger partial charge on any atom is -0.462 e. The van der Waals surface area contributed by atoms with E-state index in [2.05, 4.69) is 27.8 Å². The molecule has 2 aromatic heterocycles. The molecule has 1 aliphatic heterocycles. The van der Waals surface area contributed by atoms with Crippen LogP contribution in [0.2, 0.25) is 0 Å². The molecule has 8 heteroatoms. The van der Waals surface area contributed by atoms with Gasteiger partial charge in [-0.05, 0) is 102 Å². The van der Waals surface area contributed by atoms with Crippen LogP contribution in [0.4, 0.5) is 0 Å². The van der Waals surface area contributed by atoms with Crippen molar-refractivity contribution in [2.75, 3.05) is 13.2 Å². The summed E-state index contributed by atoms with van der Waals surface area (Å²) < 4.78 is 13.6. The van der Waals surface area contributed by atoms with Gasteiger partial charge in [-0.1, -0.05) is 6.07 Å². The number of hydrogen-bond acceptors (Lipinski definition) is 6. The summed E-state index contributed by atoms with van der Waals surface area (Å²) in [6.45, 7) is 7.57. The minimum absolute atomic E-state index is 0.0200. The van der Waals surface area contributed by atoms with Crippen molar-refractivity contribution in [2.24, 2.45) is 11.8 Å². The van der Waals surface area contributed by atoms with Crippen LogP contribution in [0.3, 0.4) is 0 Å². The molecular formula is C31H41N3O5. The van der Waals surface area contributed by atoms with Crippen molar-refractivity contribution in [2.45, 2.75) is 90.4 Å². The van der Waals surface area contributed by atoms with Crippen molar-refractivity contribution >= 4 is 17.0 Å². The molecule has 1 atom stereocenters. The summed E-state index contributed by atoms with van der Waals surface area (Å²) in [7, 11) is 0. The molecule has 3 heterocycles. The molecule has 3 aromatic rings. The molecule has 2 N–H and O–H groups in total. The number of aromatic nitrogens is 3. The van der Waals surface area contributed by atoms with Crippen LogP contribution in [0, 0.1) is 18.8 Å².